The number of amides is 11. The van der Waals surface area contributed by atoms with Gasteiger partial charge in [-0.1, -0.05) is 20.3 Å². The van der Waals surface area contributed by atoms with Crippen LogP contribution in [0.2, 0.25) is 0 Å². The van der Waals surface area contributed by atoms with Crippen LogP contribution in [0.5, 0.6) is 0 Å². The highest BCUT2D eigenvalue weighted by Crippen LogP contribution is 2.33. The fourth-order valence-corrected chi connectivity index (χ4v) is 8.30. The molecule has 348 valence electrons. The van der Waals surface area contributed by atoms with Gasteiger partial charge in [-0.25, -0.2) is 10.3 Å². The molecule has 2 saturated heterocycles. The van der Waals surface area contributed by atoms with Gasteiger partial charge in [-0.05, 0) is 50.9 Å². The Morgan fingerprint density at radius 3 is 2.06 bits per heavy atom. The standard InChI is InChI=1S/C37H61N11O13S/c1-19(2)13-20(14-28(51)48-61)34(57)45-23(15-26(38)49)36(59)44-22(10-11-31(54)55)35(58)42-16-29(52)41-17-30(53)43-21(33(39)56)7-5-6-12-40-27(50)9-4-3-8-25-32-24(18-62-25)46-37(60)47-32/h19-25,32,61H,3-18H2,1-2H3,(H2,38,49)(H2,39,56)(H,40,50)(H,41,52)(H,42,58)(H,43,53)(H,44,59)(H,45,57)(H,48,51)(H,54,55)(H2,46,47,60)/t20?,21-,22-,23-,24-,25-,32-/m0/s1. The highest BCUT2D eigenvalue weighted by molar-refractivity contribution is 8.00. The third-order valence-electron chi connectivity index (χ3n) is 9.87. The third kappa shape index (κ3) is 20.2. The summed E-state index contributed by atoms with van der Waals surface area (Å²) in [5, 5.41) is 38.5. The lowest BCUT2D eigenvalue weighted by Gasteiger charge is -2.24. The summed E-state index contributed by atoms with van der Waals surface area (Å²) in [5.74, 6) is -9.07. The summed E-state index contributed by atoms with van der Waals surface area (Å²) in [6, 6.07) is -4.19. The van der Waals surface area contributed by atoms with Gasteiger partial charge in [-0.15, -0.1) is 0 Å². The van der Waals surface area contributed by atoms with Crippen molar-refractivity contribution in [3.63, 3.8) is 0 Å². The van der Waals surface area contributed by atoms with Gasteiger partial charge in [0.2, 0.25) is 53.2 Å². The summed E-state index contributed by atoms with van der Waals surface area (Å²) >= 11 is 1.82. The smallest absolute Gasteiger partial charge is 0.315 e. The van der Waals surface area contributed by atoms with Gasteiger partial charge in [0.15, 0.2) is 0 Å². The van der Waals surface area contributed by atoms with Crippen LogP contribution in [0.3, 0.4) is 0 Å². The molecular weight excluding hydrogens is 839 g/mol. The van der Waals surface area contributed by atoms with Gasteiger partial charge in [0.25, 0.3) is 0 Å². The van der Waals surface area contributed by atoms with Crippen molar-refractivity contribution in [1.29, 1.82) is 0 Å². The molecular formula is C37H61N11O13S. The quantitative estimate of drug-likeness (QED) is 0.0144. The number of rotatable bonds is 30. The van der Waals surface area contributed by atoms with Gasteiger partial charge in [-0.3, -0.25) is 53.2 Å². The van der Waals surface area contributed by atoms with Crippen LogP contribution in [0, 0.1) is 11.8 Å². The lowest BCUT2D eigenvalue weighted by Crippen LogP contribution is -2.56. The molecule has 0 aromatic rings. The Morgan fingerprint density at radius 1 is 0.726 bits per heavy atom. The topological polar surface area (TPSA) is 389 Å². The number of hydroxylamine groups is 1. The Balaban J connectivity index is 1.78. The SMILES string of the molecule is CC(C)CC(CC(=O)NO)C(=O)N[C@@H](CC(N)=O)C(=O)N[C@@H](CCC(=O)O)C(=O)NCC(=O)NCC(=O)N[C@@H](CCCCNC(=O)CCCC[C@@H]1SC[C@@H]2NC(=O)N[C@@H]21)C(N)=O. The normalized spacial score (nSPS) is 18.3. The Bertz CT molecular complexity index is 1640. The second-order valence-electron chi connectivity index (χ2n) is 15.5. The second-order valence-corrected chi connectivity index (χ2v) is 16.8. The number of hydrogen-bond donors (Lipinski definition) is 13. The first kappa shape index (κ1) is 52.4. The molecule has 62 heavy (non-hydrogen) atoms. The molecule has 11 amide bonds. The second kappa shape index (κ2) is 27.3. The first-order valence-corrected chi connectivity index (χ1v) is 21.5. The third-order valence-corrected chi connectivity index (χ3v) is 11.4. The van der Waals surface area contributed by atoms with Crippen LogP contribution < -0.4 is 59.5 Å². The lowest BCUT2D eigenvalue weighted by atomic mass is 9.92. The molecule has 0 aromatic heterocycles. The number of nitrogens with two attached hydrogens (primary N) is 2. The van der Waals surface area contributed by atoms with E-state index in [0.29, 0.717) is 37.5 Å². The molecule has 1 unspecified atom stereocenters. The van der Waals surface area contributed by atoms with Crippen molar-refractivity contribution < 1.29 is 63.1 Å². The number of carbonyl (C=O) groups excluding carboxylic acids is 10. The van der Waals surface area contributed by atoms with E-state index in [9.17, 15) is 57.8 Å². The Labute approximate surface area is 362 Å². The number of hydrogen-bond acceptors (Lipinski definition) is 13. The number of fused-ring (bicyclic) bond motifs is 1. The van der Waals surface area contributed by atoms with Crippen molar-refractivity contribution in [3.8, 4) is 0 Å². The van der Waals surface area contributed by atoms with Crippen LogP contribution in [-0.2, 0) is 47.9 Å². The summed E-state index contributed by atoms with van der Waals surface area (Å²) in [4.78, 5) is 135. The minimum atomic E-state index is -1.66. The van der Waals surface area contributed by atoms with Gasteiger partial charge >= 0.3 is 12.0 Å². The van der Waals surface area contributed by atoms with Gasteiger partial charge in [0, 0.05) is 42.7 Å². The zero-order valence-corrected chi connectivity index (χ0v) is 35.7. The zero-order valence-electron chi connectivity index (χ0n) is 34.9. The van der Waals surface area contributed by atoms with Crippen molar-refractivity contribution in [2.75, 3.05) is 25.4 Å². The molecule has 0 aromatic carbocycles. The number of carboxylic acids is 1. The molecule has 25 heteroatoms. The highest BCUT2D eigenvalue weighted by atomic mass is 32.2. The number of aliphatic carboxylic acids is 1. The van der Waals surface area contributed by atoms with Crippen LogP contribution in [-0.4, -0.2) is 136 Å². The van der Waals surface area contributed by atoms with Gasteiger partial charge < -0.3 is 59.1 Å². The minimum Gasteiger partial charge on any atom is -0.481 e. The monoisotopic (exact) mass is 899 g/mol. The summed E-state index contributed by atoms with van der Waals surface area (Å²) in [5.41, 5.74) is 12.1. The van der Waals surface area contributed by atoms with E-state index in [2.05, 4.69) is 42.5 Å². The first-order valence-electron chi connectivity index (χ1n) is 20.4. The number of carbonyl (C=O) groups is 11. The van der Waals surface area contributed by atoms with E-state index in [1.807, 2.05) is 11.8 Å². The van der Waals surface area contributed by atoms with E-state index in [1.54, 1.807) is 13.8 Å². The fourth-order valence-electron chi connectivity index (χ4n) is 6.76. The van der Waals surface area contributed by atoms with E-state index in [4.69, 9.17) is 16.7 Å². The van der Waals surface area contributed by atoms with E-state index >= 15 is 0 Å². The molecule has 7 atom stereocenters. The van der Waals surface area contributed by atoms with Crippen LogP contribution in [0.25, 0.3) is 0 Å². The molecule has 15 N–H and O–H groups in total. The fraction of sp³-hybridized carbons (Fsp3) is 0.703. The predicted octanol–water partition coefficient (Wildman–Crippen LogP) is -3.53. The van der Waals surface area contributed by atoms with E-state index in [1.165, 1.54) is 5.48 Å². The number of unbranched alkanes of at least 4 members (excludes halogenated alkanes) is 2. The van der Waals surface area contributed by atoms with E-state index in [-0.39, 0.29) is 42.8 Å². The summed E-state index contributed by atoms with van der Waals surface area (Å²) < 4.78 is 0. The minimum absolute atomic E-state index is 0.104. The number of carboxylic acid groups (broad SMARTS) is 1. The highest BCUT2D eigenvalue weighted by Gasteiger charge is 2.42. The predicted molar refractivity (Wildman–Crippen MR) is 220 cm³/mol. The summed E-state index contributed by atoms with van der Waals surface area (Å²) in [7, 11) is 0. The lowest BCUT2D eigenvalue weighted by molar-refractivity contribution is -0.139. The molecule has 2 aliphatic rings. The summed E-state index contributed by atoms with van der Waals surface area (Å²) in [6.07, 6.45) is 1.71. The Morgan fingerprint density at radius 2 is 1.42 bits per heavy atom. The maximum absolute atomic E-state index is 13.2. The maximum atomic E-state index is 13.2. The van der Waals surface area contributed by atoms with Crippen LogP contribution in [0.4, 0.5) is 4.79 Å². The van der Waals surface area contributed by atoms with Gasteiger partial charge in [0.05, 0.1) is 31.6 Å². The van der Waals surface area contributed by atoms with Crippen molar-refractivity contribution in [2.45, 2.75) is 126 Å². The molecule has 0 radical (unpaired) electrons. The first-order chi connectivity index (χ1) is 29.3. The molecule has 0 spiro atoms. The van der Waals surface area contributed by atoms with Crippen LogP contribution in [0.15, 0.2) is 0 Å². The van der Waals surface area contributed by atoms with E-state index in [0.717, 1.165) is 18.6 Å². The Kier molecular flexibility index (Phi) is 23.1. The molecule has 2 aliphatic heterocycles. The molecule has 24 nitrogen and oxygen atoms in total. The molecule has 2 rings (SSSR count). The average Bonchev–Trinajstić information content (AvgIpc) is 3.76. The maximum Gasteiger partial charge on any atom is 0.315 e. The van der Waals surface area contributed by atoms with Gasteiger partial charge in [-0.2, -0.15) is 11.8 Å². The van der Waals surface area contributed by atoms with Crippen LogP contribution in [0.1, 0.15) is 90.9 Å². The van der Waals surface area contributed by atoms with Crippen molar-refractivity contribution in [2.24, 2.45) is 23.3 Å². The number of thioether (sulfide) groups is 1. The number of primary amides is 2. The number of urea groups is 1. The zero-order chi connectivity index (χ0) is 46.4. The van der Waals surface area contributed by atoms with Crippen molar-refractivity contribution in [1.82, 2.24) is 48.0 Å². The number of nitrogens with one attached hydrogen (secondary N) is 9. The van der Waals surface area contributed by atoms with Crippen LogP contribution >= 0.6 is 11.8 Å². The van der Waals surface area contributed by atoms with E-state index < -0.39 is 116 Å². The van der Waals surface area contributed by atoms with Gasteiger partial charge in [0.1, 0.15) is 18.1 Å². The molecule has 0 saturated carbocycles. The van der Waals surface area contributed by atoms with Crippen molar-refractivity contribution >= 4 is 76.9 Å². The largest absolute Gasteiger partial charge is 0.481 e. The molecule has 0 aliphatic carbocycles. The average molecular weight is 900 g/mol. The van der Waals surface area contributed by atoms with Crippen molar-refractivity contribution in [3.05, 3.63) is 0 Å². The molecule has 2 fully saturated rings. The Hall–Kier alpha value is -5.72. The summed E-state index contributed by atoms with van der Waals surface area (Å²) in [6.45, 7) is 2.50. The molecule has 0 bridgehead atoms. The molecule has 2 heterocycles.